The van der Waals surface area contributed by atoms with Gasteiger partial charge in [0.05, 0.1) is 35.7 Å². The molecule has 0 unspecified atom stereocenters. The lowest BCUT2D eigenvalue weighted by Crippen LogP contribution is -2.15. The van der Waals surface area contributed by atoms with Crippen LogP contribution in [0, 0.1) is 5.82 Å². The first-order valence-corrected chi connectivity index (χ1v) is 11.4. The van der Waals surface area contributed by atoms with E-state index in [4.69, 9.17) is 37.4 Å². The Labute approximate surface area is 204 Å². The van der Waals surface area contributed by atoms with Gasteiger partial charge in [0.1, 0.15) is 29.7 Å². The molecular weight excluding hydrogens is 494 g/mol. The zero-order chi connectivity index (χ0) is 24.0. The Kier molecular flexibility index (Phi) is 8.65. The minimum Gasteiger partial charge on any atom is -0.495 e. The summed E-state index contributed by atoms with van der Waals surface area (Å²) in [6.45, 7) is 2.61. The van der Waals surface area contributed by atoms with Crippen LogP contribution in [0.5, 0.6) is 17.2 Å². The predicted molar refractivity (Wildman–Crippen MR) is 125 cm³/mol. The molecule has 3 aromatic rings. The molecule has 1 aromatic heterocycles. The standard InChI is InChI=1S/C21H21Cl2FN4O4S/c1-4-28-19(10-32-12-5-6-15(24)13(22)7-12)26-27-21(28)33-11-20(29)25-16-9-17(30-2)14(23)8-18(16)31-3/h5-9H,4,10-11H2,1-3H3,(H,25,29). The number of ether oxygens (including phenoxy) is 3. The second-order valence-corrected chi connectivity index (χ2v) is 8.29. The SMILES string of the molecule is CCn1c(COc2ccc(F)c(Cl)c2)nnc1SCC(=O)Nc1cc(OC)c(Cl)cc1OC. The van der Waals surface area contributed by atoms with Gasteiger partial charge in [-0.3, -0.25) is 4.79 Å². The third-order valence-corrected chi connectivity index (χ3v) is 6.00. The van der Waals surface area contributed by atoms with Gasteiger partial charge in [0.2, 0.25) is 5.91 Å². The van der Waals surface area contributed by atoms with Crippen LogP contribution in [0.3, 0.4) is 0 Å². The summed E-state index contributed by atoms with van der Waals surface area (Å²) in [5.41, 5.74) is 0.438. The number of halogens is 3. The molecule has 0 aliphatic carbocycles. The van der Waals surface area contributed by atoms with E-state index in [1.165, 1.54) is 44.2 Å². The number of carbonyl (C=O) groups is 1. The number of hydrogen-bond donors (Lipinski definition) is 1. The second-order valence-electron chi connectivity index (χ2n) is 6.53. The number of nitrogens with zero attached hydrogens (tertiary/aromatic N) is 3. The minimum absolute atomic E-state index is 0.0262. The fourth-order valence-electron chi connectivity index (χ4n) is 2.84. The van der Waals surface area contributed by atoms with Crippen molar-refractivity contribution in [2.24, 2.45) is 0 Å². The van der Waals surface area contributed by atoms with Crippen LogP contribution in [-0.4, -0.2) is 40.6 Å². The molecule has 0 aliphatic rings. The molecule has 1 N–H and O–H groups in total. The van der Waals surface area contributed by atoms with Crippen molar-refractivity contribution >= 4 is 46.6 Å². The number of rotatable bonds is 10. The average molecular weight is 515 g/mol. The highest BCUT2D eigenvalue weighted by atomic mass is 35.5. The van der Waals surface area contributed by atoms with Crippen LogP contribution in [0.1, 0.15) is 12.7 Å². The Morgan fingerprint density at radius 1 is 1.12 bits per heavy atom. The van der Waals surface area contributed by atoms with Crippen LogP contribution >= 0.6 is 35.0 Å². The van der Waals surface area contributed by atoms with E-state index in [0.29, 0.717) is 45.5 Å². The third kappa shape index (κ3) is 6.21. The van der Waals surface area contributed by atoms with Gasteiger partial charge in [-0.2, -0.15) is 0 Å². The maximum Gasteiger partial charge on any atom is 0.234 e. The highest BCUT2D eigenvalue weighted by molar-refractivity contribution is 7.99. The van der Waals surface area contributed by atoms with Crippen LogP contribution in [-0.2, 0) is 17.9 Å². The topological polar surface area (TPSA) is 87.5 Å². The summed E-state index contributed by atoms with van der Waals surface area (Å²) in [5, 5.41) is 12.0. The molecule has 0 fully saturated rings. The van der Waals surface area contributed by atoms with Crippen LogP contribution in [0.15, 0.2) is 35.5 Å². The van der Waals surface area contributed by atoms with E-state index in [2.05, 4.69) is 15.5 Å². The fourth-order valence-corrected chi connectivity index (χ4v) is 4.06. The van der Waals surface area contributed by atoms with Crippen molar-refractivity contribution in [2.45, 2.75) is 25.2 Å². The first kappa shape index (κ1) is 24.9. The van der Waals surface area contributed by atoms with E-state index in [9.17, 15) is 9.18 Å². The van der Waals surface area contributed by atoms with E-state index in [1.807, 2.05) is 11.5 Å². The molecule has 12 heteroatoms. The molecule has 1 heterocycles. The van der Waals surface area contributed by atoms with Gasteiger partial charge in [-0.1, -0.05) is 35.0 Å². The lowest BCUT2D eigenvalue weighted by molar-refractivity contribution is -0.113. The van der Waals surface area contributed by atoms with Gasteiger partial charge in [-0.25, -0.2) is 4.39 Å². The van der Waals surface area contributed by atoms with Crippen LogP contribution in [0.2, 0.25) is 10.0 Å². The molecule has 0 saturated heterocycles. The second kappa shape index (κ2) is 11.4. The summed E-state index contributed by atoms with van der Waals surface area (Å²) in [5.74, 6) is 1.09. The van der Waals surface area contributed by atoms with Gasteiger partial charge in [-0.05, 0) is 19.1 Å². The van der Waals surface area contributed by atoms with Gasteiger partial charge < -0.3 is 24.1 Å². The lowest BCUT2D eigenvalue weighted by atomic mass is 10.2. The summed E-state index contributed by atoms with van der Waals surface area (Å²) < 4.78 is 31.2. The lowest BCUT2D eigenvalue weighted by Gasteiger charge is -2.13. The number of nitrogens with one attached hydrogen (secondary N) is 1. The molecule has 0 saturated carbocycles. The quantitative estimate of drug-likeness (QED) is 0.377. The number of methoxy groups -OCH3 is 2. The molecule has 3 rings (SSSR count). The predicted octanol–water partition coefficient (Wildman–Crippen LogP) is 5.07. The van der Waals surface area contributed by atoms with Crippen molar-refractivity contribution in [3.63, 3.8) is 0 Å². The highest BCUT2D eigenvalue weighted by Crippen LogP contribution is 2.36. The van der Waals surface area contributed by atoms with Gasteiger partial charge >= 0.3 is 0 Å². The number of carbonyl (C=O) groups excluding carboxylic acids is 1. The molecule has 0 bridgehead atoms. The van der Waals surface area contributed by atoms with Crippen molar-refractivity contribution in [2.75, 3.05) is 25.3 Å². The molecule has 2 aromatic carbocycles. The smallest absolute Gasteiger partial charge is 0.234 e. The van der Waals surface area contributed by atoms with Crippen LogP contribution in [0.4, 0.5) is 10.1 Å². The van der Waals surface area contributed by atoms with E-state index in [-0.39, 0.29) is 23.3 Å². The number of aromatic nitrogens is 3. The average Bonchev–Trinajstić information content (AvgIpc) is 3.21. The molecule has 1 amide bonds. The largest absolute Gasteiger partial charge is 0.495 e. The van der Waals surface area contributed by atoms with Crippen molar-refractivity contribution in [1.82, 2.24) is 14.8 Å². The molecule has 33 heavy (non-hydrogen) atoms. The van der Waals surface area contributed by atoms with Crippen molar-refractivity contribution in [3.05, 3.63) is 52.0 Å². The first-order valence-electron chi connectivity index (χ1n) is 9.70. The van der Waals surface area contributed by atoms with Crippen molar-refractivity contribution in [1.29, 1.82) is 0 Å². The number of anilines is 1. The van der Waals surface area contributed by atoms with Crippen molar-refractivity contribution < 1.29 is 23.4 Å². The summed E-state index contributed by atoms with van der Waals surface area (Å²) in [4.78, 5) is 12.5. The van der Waals surface area contributed by atoms with E-state index >= 15 is 0 Å². The molecular formula is C21H21Cl2FN4O4S. The van der Waals surface area contributed by atoms with E-state index in [1.54, 1.807) is 12.1 Å². The maximum absolute atomic E-state index is 13.3. The monoisotopic (exact) mass is 514 g/mol. The van der Waals surface area contributed by atoms with Crippen molar-refractivity contribution in [3.8, 4) is 17.2 Å². The van der Waals surface area contributed by atoms with Gasteiger partial charge in [0.15, 0.2) is 11.0 Å². The van der Waals surface area contributed by atoms with E-state index < -0.39 is 5.82 Å². The summed E-state index contributed by atoms with van der Waals surface area (Å²) >= 11 is 13.1. The van der Waals surface area contributed by atoms with Gasteiger partial charge in [0.25, 0.3) is 0 Å². The fraction of sp³-hybridized carbons (Fsp3) is 0.286. The Hall–Kier alpha value is -2.69. The van der Waals surface area contributed by atoms with Gasteiger partial charge in [0, 0.05) is 24.7 Å². The Morgan fingerprint density at radius 2 is 1.88 bits per heavy atom. The van der Waals surface area contributed by atoms with Crippen LogP contribution in [0.25, 0.3) is 0 Å². The number of thioether (sulfide) groups is 1. The zero-order valence-corrected chi connectivity index (χ0v) is 20.4. The minimum atomic E-state index is -0.521. The van der Waals surface area contributed by atoms with Gasteiger partial charge in [-0.15, -0.1) is 10.2 Å². The molecule has 176 valence electrons. The molecule has 8 nitrogen and oxygen atoms in total. The Bertz CT molecular complexity index is 1150. The number of hydrogen-bond acceptors (Lipinski definition) is 7. The number of benzene rings is 2. The first-order chi connectivity index (χ1) is 15.9. The number of amides is 1. The Balaban J connectivity index is 1.63. The normalized spacial score (nSPS) is 10.7. The molecule has 0 aliphatic heterocycles. The zero-order valence-electron chi connectivity index (χ0n) is 18.0. The molecule has 0 atom stereocenters. The third-order valence-electron chi connectivity index (χ3n) is 4.45. The highest BCUT2D eigenvalue weighted by Gasteiger charge is 2.16. The summed E-state index contributed by atoms with van der Waals surface area (Å²) in [6.07, 6.45) is 0. The summed E-state index contributed by atoms with van der Waals surface area (Å²) in [7, 11) is 2.97. The summed E-state index contributed by atoms with van der Waals surface area (Å²) in [6, 6.07) is 7.26. The molecule has 0 radical (unpaired) electrons. The van der Waals surface area contributed by atoms with E-state index in [0.717, 1.165) is 0 Å². The Morgan fingerprint density at radius 3 is 2.55 bits per heavy atom. The maximum atomic E-state index is 13.3. The molecule has 0 spiro atoms. The van der Waals surface area contributed by atoms with Crippen LogP contribution < -0.4 is 19.5 Å².